The van der Waals surface area contributed by atoms with E-state index in [-0.39, 0.29) is 12.0 Å². The highest BCUT2D eigenvalue weighted by atomic mass is 16.5. The fourth-order valence-corrected chi connectivity index (χ4v) is 1.91. The molecule has 1 N–H and O–H groups in total. The Morgan fingerprint density at radius 3 is 2.40 bits per heavy atom. The molecule has 0 unspecified atom stereocenters. The number of ether oxygens (including phenoxy) is 1. The van der Waals surface area contributed by atoms with Crippen molar-refractivity contribution in [2.24, 2.45) is 0 Å². The quantitative estimate of drug-likeness (QED) is 0.918. The lowest BCUT2D eigenvalue weighted by atomic mass is 9.86. The fourth-order valence-electron chi connectivity index (χ4n) is 1.91. The molecule has 0 spiro atoms. The molecule has 106 valence electrons. The Hall–Kier alpha value is -1.87. The summed E-state index contributed by atoms with van der Waals surface area (Å²) >= 11 is 0. The van der Waals surface area contributed by atoms with E-state index in [4.69, 9.17) is 9.84 Å². The molecular formula is C17H21NO2. The number of nitrogens with zero attached hydrogens (tertiary/aromatic N) is 1. The van der Waals surface area contributed by atoms with E-state index in [1.54, 1.807) is 18.3 Å². The van der Waals surface area contributed by atoms with Gasteiger partial charge in [-0.25, -0.2) is 4.98 Å². The van der Waals surface area contributed by atoms with Crippen molar-refractivity contribution in [3.8, 4) is 11.6 Å². The molecule has 1 aromatic carbocycles. The van der Waals surface area contributed by atoms with Gasteiger partial charge in [-0.1, -0.05) is 32.9 Å². The smallest absolute Gasteiger partial charge is 0.219 e. The van der Waals surface area contributed by atoms with Gasteiger partial charge >= 0.3 is 0 Å². The molecule has 0 aliphatic heterocycles. The minimum Gasteiger partial charge on any atom is -0.439 e. The van der Waals surface area contributed by atoms with Crippen LogP contribution in [0.4, 0.5) is 0 Å². The van der Waals surface area contributed by atoms with Crippen molar-refractivity contribution in [1.82, 2.24) is 4.98 Å². The zero-order chi connectivity index (χ0) is 14.8. The fraction of sp³-hybridized carbons (Fsp3) is 0.353. The van der Waals surface area contributed by atoms with Crippen LogP contribution in [0, 0.1) is 6.92 Å². The van der Waals surface area contributed by atoms with E-state index in [1.807, 2.05) is 13.0 Å². The molecule has 0 fully saturated rings. The minimum absolute atomic E-state index is 0.00735. The number of hydrogen-bond acceptors (Lipinski definition) is 3. The molecule has 20 heavy (non-hydrogen) atoms. The molecule has 3 heteroatoms. The Kier molecular flexibility index (Phi) is 4.09. The average Bonchev–Trinajstić information content (AvgIpc) is 2.41. The molecule has 0 aliphatic rings. The van der Waals surface area contributed by atoms with E-state index in [9.17, 15) is 0 Å². The number of benzene rings is 1. The van der Waals surface area contributed by atoms with Crippen LogP contribution in [0.25, 0.3) is 0 Å². The zero-order valence-corrected chi connectivity index (χ0v) is 12.5. The summed E-state index contributed by atoms with van der Waals surface area (Å²) in [5.41, 5.74) is 3.28. The minimum atomic E-state index is -0.00735. The third-order valence-electron chi connectivity index (χ3n) is 3.24. The van der Waals surface area contributed by atoms with Gasteiger partial charge < -0.3 is 9.84 Å². The topological polar surface area (TPSA) is 42.4 Å². The van der Waals surface area contributed by atoms with Gasteiger partial charge in [-0.3, -0.25) is 0 Å². The lowest BCUT2D eigenvalue weighted by Crippen LogP contribution is -2.11. The van der Waals surface area contributed by atoms with Crippen molar-refractivity contribution in [3.63, 3.8) is 0 Å². The zero-order valence-electron chi connectivity index (χ0n) is 12.5. The Balaban J connectivity index is 2.21. The van der Waals surface area contributed by atoms with Crippen molar-refractivity contribution < 1.29 is 9.84 Å². The van der Waals surface area contributed by atoms with E-state index < -0.39 is 0 Å². The number of pyridine rings is 1. The Morgan fingerprint density at radius 2 is 1.90 bits per heavy atom. The van der Waals surface area contributed by atoms with Gasteiger partial charge in [0.15, 0.2) is 0 Å². The van der Waals surface area contributed by atoms with E-state index in [1.165, 1.54) is 5.56 Å². The normalized spacial score (nSPS) is 11.4. The number of aryl methyl sites for hydroxylation is 1. The highest BCUT2D eigenvalue weighted by Gasteiger charge is 2.15. The monoisotopic (exact) mass is 271 g/mol. The first-order valence-electron chi connectivity index (χ1n) is 6.75. The van der Waals surface area contributed by atoms with Crippen LogP contribution < -0.4 is 4.74 Å². The molecule has 0 saturated heterocycles. The van der Waals surface area contributed by atoms with E-state index in [0.29, 0.717) is 5.88 Å². The molecule has 1 aromatic heterocycles. The molecule has 2 aromatic rings. The molecule has 0 aliphatic carbocycles. The second-order valence-electron chi connectivity index (χ2n) is 6.00. The third kappa shape index (κ3) is 3.36. The SMILES string of the molecule is Cc1cc(C(C)(C)C)ccc1Oc1ccc(CO)cn1. The average molecular weight is 271 g/mol. The highest BCUT2D eigenvalue weighted by Crippen LogP contribution is 2.29. The van der Waals surface area contributed by atoms with Gasteiger partial charge in [0.1, 0.15) is 5.75 Å². The highest BCUT2D eigenvalue weighted by molar-refractivity contribution is 5.40. The van der Waals surface area contributed by atoms with Crippen LogP contribution in [0.3, 0.4) is 0 Å². The van der Waals surface area contributed by atoms with E-state index >= 15 is 0 Å². The summed E-state index contributed by atoms with van der Waals surface area (Å²) < 4.78 is 5.78. The molecule has 0 atom stereocenters. The van der Waals surface area contributed by atoms with Gasteiger partial charge in [-0.2, -0.15) is 0 Å². The molecule has 3 nitrogen and oxygen atoms in total. The van der Waals surface area contributed by atoms with Crippen molar-refractivity contribution in [3.05, 3.63) is 53.2 Å². The number of rotatable bonds is 3. The van der Waals surface area contributed by atoms with Crippen LogP contribution in [-0.4, -0.2) is 10.1 Å². The molecule has 0 saturated carbocycles. The van der Waals surface area contributed by atoms with E-state index in [2.05, 4.69) is 37.9 Å². The summed E-state index contributed by atoms with van der Waals surface area (Å²) in [6, 6.07) is 9.79. The Bertz CT molecular complexity index is 583. The Morgan fingerprint density at radius 1 is 1.15 bits per heavy atom. The molecule has 0 radical (unpaired) electrons. The van der Waals surface area contributed by atoms with Gasteiger partial charge in [0, 0.05) is 12.3 Å². The molecule has 0 bridgehead atoms. The molecule has 0 amide bonds. The van der Waals surface area contributed by atoms with Crippen molar-refractivity contribution >= 4 is 0 Å². The predicted molar refractivity (Wildman–Crippen MR) is 80.1 cm³/mol. The summed E-state index contributed by atoms with van der Waals surface area (Å²) in [4.78, 5) is 4.17. The first-order valence-corrected chi connectivity index (χ1v) is 6.75. The Labute approximate surface area is 120 Å². The van der Waals surface area contributed by atoms with Crippen molar-refractivity contribution in [2.45, 2.75) is 39.7 Å². The largest absolute Gasteiger partial charge is 0.439 e. The van der Waals surface area contributed by atoms with Gasteiger partial charge in [0.25, 0.3) is 0 Å². The predicted octanol–water partition coefficient (Wildman–Crippen LogP) is 3.97. The van der Waals surface area contributed by atoms with Crippen molar-refractivity contribution in [2.75, 3.05) is 0 Å². The standard InChI is InChI=1S/C17H21NO2/c1-12-9-14(17(2,3)4)6-7-15(12)20-16-8-5-13(11-19)10-18-16/h5-10,19H,11H2,1-4H3. The van der Waals surface area contributed by atoms with Crippen LogP contribution in [-0.2, 0) is 12.0 Å². The lowest BCUT2D eigenvalue weighted by molar-refractivity contribution is 0.281. The third-order valence-corrected chi connectivity index (χ3v) is 3.24. The number of aliphatic hydroxyl groups excluding tert-OH is 1. The number of hydrogen-bond donors (Lipinski definition) is 1. The molecule has 1 heterocycles. The van der Waals surface area contributed by atoms with Gasteiger partial charge in [0.05, 0.1) is 6.61 Å². The van der Waals surface area contributed by atoms with Crippen LogP contribution in [0.5, 0.6) is 11.6 Å². The van der Waals surface area contributed by atoms with Gasteiger partial charge in [0.2, 0.25) is 5.88 Å². The first-order chi connectivity index (χ1) is 9.40. The maximum absolute atomic E-state index is 8.99. The maximum Gasteiger partial charge on any atom is 0.219 e. The summed E-state index contributed by atoms with van der Waals surface area (Å²) in [6.07, 6.45) is 1.62. The summed E-state index contributed by atoms with van der Waals surface area (Å²) in [5, 5.41) is 8.99. The maximum atomic E-state index is 8.99. The first kappa shape index (κ1) is 14.5. The van der Waals surface area contributed by atoms with Gasteiger partial charge in [-0.05, 0) is 41.2 Å². The van der Waals surface area contributed by atoms with Crippen LogP contribution in [0.1, 0.15) is 37.5 Å². The second kappa shape index (κ2) is 5.63. The van der Waals surface area contributed by atoms with Crippen LogP contribution >= 0.6 is 0 Å². The summed E-state index contributed by atoms with van der Waals surface area (Å²) in [5.74, 6) is 1.34. The molecule has 2 rings (SSSR count). The number of aromatic nitrogens is 1. The summed E-state index contributed by atoms with van der Waals surface area (Å²) in [7, 11) is 0. The second-order valence-corrected chi connectivity index (χ2v) is 6.00. The molecular weight excluding hydrogens is 250 g/mol. The summed E-state index contributed by atoms with van der Waals surface area (Å²) in [6.45, 7) is 8.60. The van der Waals surface area contributed by atoms with Crippen molar-refractivity contribution in [1.29, 1.82) is 0 Å². The van der Waals surface area contributed by atoms with Crippen LogP contribution in [0.15, 0.2) is 36.5 Å². The number of aliphatic hydroxyl groups is 1. The van der Waals surface area contributed by atoms with E-state index in [0.717, 1.165) is 16.9 Å². The lowest BCUT2D eigenvalue weighted by Gasteiger charge is -2.20. The van der Waals surface area contributed by atoms with Crippen LogP contribution in [0.2, 0.25) is 0 Å². The van der Waals surface area contributed by atoms with Gasteiger partial charge in [-0.15, -0.1) is 0 Å².